The van der Waals surface area contributed by atoms with Crippen LogP contribution >= 0.6 is 0 Å². The Kier molecular flexibility index (Phi) is 4.60. The van der Waals surface area contributed by atoms with Gasteiger partial charge in [-0.25, -0.2) is 4.68 Å². The lowest BCUT2D eigenvalue weighted by Crippen LogP contribution is -2.30. The predicted octanol–water partition coefficient (Wildman–Crippen LogP) is 0.405. The lowest BCUT2D eigenvalue weighted by molar-refractivity contribution is -0.127. The number of carbonyl (C=O) groups excluding carboxylic acids is 2. The van der Waals surface area contributed by atoms with Gasteiger partial charge in [0.25, 0.3) is 5.91 Å². The molecule has 0 radical (unpaired) electrons. The minimum absolute atomic E-state index is 0.124. The minimum atomic E-state index is -0.124. The second-order valence-corrected chi connectivity index (χ2v) is 5.40. The van der Waals surface area contributed by atoms with E-state index in [1.54, 1.807) is 24.3 Å². The average molecular weight is 314 g/mol. The Morgan fingerprint density at radius 3 is 2.74 bits per heavy atom. The highest BCUT2D eigenvalue weighted by molar-refractivity contribution is 5.94. The molecule has 1 N–H and O–H groups in total. The van der Waals surface area contributed by atoms with Crippen molar-refractivity contribution in [1.29, 1.82) is 0 Å². The fourth-order valence-corrected chi connectivity index (χ4v) is 2.56. The highest BCUT2D eigenvalue weighted by atomic mass is 16.2. The Labute approximate surface area is 133 Å². The summed E-state index contributed by atoms with van der Waals surface area (Å²) in [5, 5.41) is 13.8. The SMILES string of the molecule is O=C(NCCCN1CCCC1=O)c1ccc(-n2cnnn2)cc1. The molecule has 1 aromatic heterocycles. The zero-order valence-electron chi connectivity index (χ0n) is 12.7. The number of nitrogens with zero attached hydrogens (tertiary/aromatic N) is 5. The minimum Gasteiger partial charge on any atom is -0.352 e. The van der Waals surface area contributed by atoms with E-state index in [0.29, 0.717) is 25.1 Å². The van der Waals surface area contributed by atoms with Crippen LogP contribution in [0.1, 0.15) is 29.6 Å². The van der Waals surface area contributed by atoms with Crippen LogP contribution in [0, 0.1) is 0 Å². The largest absolute Gasteiger partial charge is 0.352 e. The first kappa shape index (κ1) is 15.1. The third-order valence-corrected chi connectivity index (χ3v) is 3.80. The highest BCUT2D eigenvalue weighted by Crippen LogP contribution is 2.10. The summed E-state index contributed by atoms with van der Waals surface area (Å²) in [6.45, 7) is 2.10. The van der Waals surface area contributed by atoms with Gasteiger partial charge in [0.2, 0.25) is 5.91 Å². The lowest BCUT2D eigenvalue weighted by Gasteiger charge is -2.15. The number of carbonyl (C=O) groups is 2. The molecular weight excluding hydrogens is 296 g/mol. The van der Waals surface area contributed by atoms with Crippen molar-refractivity contribution < 1.29 is 9.59 Å². The lowest BCUT2D eigenvalue weighted by atomic mass is 10.2. The summed E-state index contributed by atoms with van der Waals surface area (Å²) in [5.41, 5.74) is 1.37. The van der Waals surface area contributed by atoms with E-state index in [0.717, 1.165) is 25.1 Å². The number of hydrogen-bond acceptors (Lipinski definition) is 5. The predicted molar refractivity (Wildman–Crippen MR) is 81.9 cm³/mol. The zero-order valence-corrected chi connectivity index (χ0v) is 12.7. The van der Waals surface area contributed by atoms with Gasteiger partial charge in [0, 0.05) is 31.6 Å². The van der Waals surface area contributed by atoms with Crippen LogP contribution in [-0.2, 0) is 4.79 Å². The van der Waals surface area contributed by atoms with E-state index in [4.69, 9.17) is 0 Å². The zero-order chi connectivity index (χ0) is 16.1. The summed E-state index contributed by atoms with van der Waals surface area (Å²) in [6, 6.07) is 7.04. The van der Waals surface area contributed by atoms with Gasteiger partial charge in [0.1, 0.15) is 6.33 Å². The normalized spacial score (nSPS) is 14.3. The van der Waals surface area contributed by atoms with Crippen molar-refractivity contribution in [2.24, 2.45) is 0 Å². The molecule has 2 amide bonds. The Balaban J connectivity index is 1.45. The van der Waals surface area contributed by atoms with Crippen LogP contribution in [0.4, 0.5) is 0 Å². The third-order valence-electron chi connectivity index (χ3n) is 3.80. The fourth-order valence-electron chi connectivity index (χ4n) is 2.56. The molecule has 8 heteroatoms. The molecule has 0 spiro atoms. The Morgan fingerprint density at radius 1 is 1.26 bits per heavy atom. The number of rotatable bonds is 6. The van der Waals surface area contributed by atoms with Crippen LogP contribution in [0.2, 0.25) is 0 Å². The number of aromatic nitrogens is 4. The van der Waals surface area contributed by atoms with Crippen molar-refractivity contribution in [3.8, 4) is 5.69 Å². The van der Waals surface area contributed by atoms with Gasteiger partial charge in [-0.15, -0.1) is 5.10 Å². The van der Waals surface area contributed by atoms with Crippen molar-refractivity contribution in [1.82, 2.24) is 30.4 Å². The molecule has 120 valence electrons. The smallest absolute Gasteiger partial charge is 0.251 e. The van der Waals surface area contributed by atoms with Gasteiger partial charge in [-0.05, 0) is 47.5 Å². The molecule has 1 aliphatic heterocycles. The molecule has 8 nitrogen and oxygen atoms in total. The first-order chi connectivity index (χ1) is 11.2. The van der Waals surface area contributed by atoms with Crippen LogP contribution in [0.25, 0.3) is 5.69 Å². The van der Waals surface area contributed by atoms with Gasteiger partial charge >= 0.3 is 0 Å². The van der Waals surface area contributed by atoms with Crippen molar-refractivity contribution >= 4 is 11.8 Å². The van der Waals surface area contributed by atoms with E-state index >= 15 is 0 Å². The van der Waals surface area contributed by atoms with Crippen LogP contribution in [0.3, 0.4) is 0 Å². The number of benzene rings is 1. The van der Waals surface area contributed by atoms with Crippen molar-refractivity contribution in [3.05, 3.63) is 36.2 Å². The molecule has 0 bridgehead atoms. The number of nitrogens with one attached hydrogen (secondary N) is 1. The maximum atomic E-state index is 12.1. The van der Waals surface area contributed by atoms with E-state index in [1.807, 2.05) is 4.90 Å². The Morgan fingerprint density at radius 2 is 2.09 bits per heavy atom. The Bertz CT molecular complexity index is 668. The molecular formula is C15H18N6O2. The van der Waals surface area contributed by atoms with Gasteiger partial charge in [0.15, 0.2) is 0 Å². The number of tetrazole rings is 1. The molecule has 1 saturated heterocycles. The first-order valence-electron chi connectivity index (χ1n) is 7.63. The maximum Gasteiger partial charge on any atom is 0.251 e. The summed E-state index contributed by atoms with van der Waals surface area (Å²) in [7, 11) is 0. The van der Waals surface area contributed by atoms with Crippen molar-refractivity contribution in [2.45, 2.75) is 19.3 Å². The number of amides is 2. The number of hydrogen-bond donors (Lipinski definition) is 1. The van der Waals surface area contributed by atoms with Crippen LogP contribution < -0.4 is 5.32 Å². The van der Waals surface area contributed by atoms with Gasteiger partial charge in [-0.1, -0.05) is 0 Å². The fraction of sp³-hybridized carbons (Fsp3) is 0.400. The molecule has 0 saturated carbocycles. The molecule has 1 aliphatic rings. The monoisotopic (exact) mass is 314 g/mol. The van der Waals surface area contributed by atoms with Gasteiger partial charge < -0.3 is 10.2 Å². The topological polar surface area (TPSA) is 93.0 Å². The van der Waals surface area contributed by atoms with Gasteiger partial charge in [-0.3, -0.25) is 9.59 Å². The highest BCUT2D eigenvalue weighted by Gasteiger charge is 2.19. The molecule has 0 unspecified atom stereocenters. The summed E-state index contributed by atoms with van der Waals surface area (Å²) in [5.74, 6) is 0.0931. The third kappa shape index (κ3) is 3.71. The molecule has 1 aromatic carbocycles. The average Bonchev–Trinajstić information content (AvgIpc) is 3.23. The quantitative estimate of drug-likeness (QED) is 0.779. The van der Waals surface area contributed by atoms with E-state index in [1.165, 1.54) is 11.0 Å². The number of likely N-dealkylation sites (tertiary alicyclic amines) is 1. The molecule has 23 heavy (non-hydrogen) atoms. The van der Waals surface area contributed by atoms with Crippen molar-refractivity contribution in [2.75, 3.05) is 19.6 Å². The van der Waals surface area contributed by atoms with Crippen LogP contribution in [-0.4, -0.2) is 56.6 Å². The molecule has 0 atom stereocenters. The van der Waals surface area contributed by atoms with E-state index < -0.39 is 0 Å². The van der Waals surface area contributed by atoms with Crippen LogP contribution in [0.15, 0.2) is 30.6 Å². The molecule has 2 aromatic rings. The first-order valence-corrected chi connectivity index (χ1v) is 7.63. The van der Waals surface area contributed by atoms with Gasteiger partial charge in [0.05, 0.1) is 5.69 Å². The maximum absolute atomic E-state index is 12.1. The van der Waals surface area contributed by atoms with Gasteiger partial charge in [-0.2, -0.15) is 0 Å². The molecule has 1 fully saturated rings. The summed E-state index contributed by atoms with van der Waals surface area (Å²) in [4.78, 5) is 25.4. The van der Waals surface area contributed by atoms with E-state index in [-0.39, 0.29) is 11.8 Å². The summed E-state index contributed by atoms with van der Waals surface area (Å²) >= 11 is 0. The van der Waals surface area contributed by atoms with Crippen molar-refractivity contribution in [3.63, 3.8) is 0 Å². The molecule has 2 heterocycles. The molecule has 3 rings (SSSR count). The Hall–Kier alpha value is -2.77. The second-order valence-electron chi connectivity index (χ2n) is 5.40. The standard InChI is InChI=1S/C15H18N6O2/c22-14-3-1-9-20(14)10-2-8-16-15(23)12-4-6-13(7-5-12)21-11-17-18-19-21/h4-7,11H,1-3,8-10H2,(H,16,23). The summed E-state index contributed by atoms with van der Waals surface area (Å²) < 4.78 is 1.52. The second kappa shape index (κ2) is 6.99. The van der Waals surface area contributed by atoms with Crippen LogP contribution in [0.5, 0.6) is 0 Å². The van der Waals surface area contributed by atoms with E-state index in [9.17, 15) is 9.59 Å². The summed E-state index contributed by atoms with van der Waals surface area (Å²) in [6.07, 6.45) is 3.85. The molecule has 0 aliphatic carbocycles. The van der Waals surface area contributed by atoms with E-state index in [2.05, 4.69) is 20.8 Å².